The van der Waals surface area contributed by atoms with Gasteiger partial charge in [0.1, 0.15) is 0 Å². The van der Waals surface area contributed by atoms with Gasteiger partial charge in [-0.2, -0.15) is 0 Å². The van der Waals surface area contributed by atoms with Gasteiger partial charge >= 0.3 is 5.97 Å². The highest BCUT2D eigenvalue weighted by Gasteiger charge is 2.00. The van der Waals surface area contributed by atoms with E-state index in [1.54, 1.807) is 17.4 Å². The first-order valence-corrected chi connectivity index (χ1v) is 7.71. The molecule has 0 aliphatic rings. The lowest BCUT2D eigenvalue weighted by atomic mass is 10.2. The maximum atomic E-state index is 11.5. The molecule has 110 valence electrons. The monoisotopic (exact) mass is 302 g/mol. The fourth-order valence-corrected chi connectivity index (χ4v) is 2.40. The largest absolute Gasteiger partial charge is 0.463 e. The molecular formula is C16H18N2O2S. The van der Waals surface area contributed by atoms with Crippen LogP contribution < -0.4 is 0 Å². The molecule has 0 saturated heterocycles. The first kappa shape index (κ1) is 15.4. The van der Waals surface area contributed by atoms with Crippen molar-refractivity contribution >= 4 is 23.4 Å². The molecule has 4 nitrogen and oxygen atoms in total. The maximum absolute atomic E-state index is 11.5. The van der Waals surface area contributed by atoms with Crippen molar-refractivity contribution in [1.82, 2.24) is 9.97 Å². The molecule has 0 unspecified atom stereocenters. The molecule has 0 aromatic carbocycles. The number of ether oxygens (including phenoxy) is 1. The molecular weight excluding hydrogens is 284 g/mol. The van der Waals surface area contributed by atoms with Crippen LogP contribution in [0.25, 0.3) is 6.08 Å². The Morgan fingerprint density at radius 1 is 1.33 bits per heavy atom. The van der Waals surface area contributed by atoms with Crippen LogP contribution in [-0.4, -0.2) is 22.5 Å². The summed E-state index contributed by atoms with van der Waals surface area (Å²) in [6.45, 7) is 4.29. The fourth-order valence-electron chi connectivity index (χ4n) is 1.82. The second-order valence-electron chi connectivity index (χ2n) is 4.67. The Kier molecular flexibility index (Phi) is 5.63. The highest BCUT2D eigenvalue weighted by atomic mass is 32.1. The predicted molar refractivity (Wildman–Crippen MR) is 84.1 cm³/mol. The van der Waals surface area contributed by atoms with E-state index in [0.717, 1.165) is 34.9 Å². The van der Waals surface area contributed by atoms with E-state index in [-0.39, 0.29) is 5.97 Å². The van der Waals surface area contributed by atoms with Crippen LogP contribution in [0.2, 0.25) is 0 Å². The van der Waals surface area contributed by atoms with Crippen molar-refractivity contribution in [3.63, 3.8) is 0 Å². The molecule has 0 spiro atoms. The minimum Gasteiger partial charge on any atom is -0.463 e. The number of aryl methyl sites for hydroxylation is 3. The Morgan fingerprint density at radius 2 is 2.19 bits per heavy atom. The molecule has 2 aromatic heterocycles. The van der Waals surface area contributed by atoms with Crippen LogP contribution >= 0.6 is 11.3 Å². The molecule has 0 N–H and O–H groups in total. The number of carbonyl (C=O) groups excluding carboxylic acids is 1. The van der Waals surface area contributed by atoms with Crippen molar-refractivity contribution in [2.75, 3.05) is 6.61 Å². The van der Waals surface area contributed by atoms with Crippen molar-refractivity contribution in [2.24, 2.45) is 0 Å². The van der Waals surface area contributed by atoms with Gasteiger partial charge in [0.25, 0.3) is 0 Å². The second-order valence-corrected chi connectivity index (χ2v) is 5.73. The number of hydrogen-bond donors (Lipinski definition) is 0. The second kappa shape index (κ2) is 7.69. The standard InChI is InChI=1S/C16H18N2O2S/c1-12-5-3-6-14(17-12)7-4-10-20-16(19)9-8-15-11-21-13(2)18-15/h3,5-6,8-9,11H,4,7,10H2,1-2H3/b9-8+. The van der Waals surface area contributed by atoms with Crippen LogP contribution in [0.5, 0.6) is 0 Å². The zero-order valence-electron chi connectivity index (χ0n) is 12.2. The number of hydrogen-bond acceptors (Lipinski definition) is 5. The Labute approximate surface area is 128 Å². The highest BCUT2D eigenvalue weighted by Crippen LogP contribution is 2.09. The molecule has 0 aliphatic heterocycles. The number of nitrogens with zero attached hydrogens (tertiary/aromatic N) is 2. The van der Waals surface area contributed by atoms with Crippen molar-refractivity contribution in [1.29, 1.82) is 0 Å². The van der Waals surface area contributed by atoms with Crippen LogP contribution in [0.3, 0.4) is 0 Å². The van der Waals surface area contributed by atoms with Crippen LogP contribution in [0.15, 0.2) is 29.7 Å². The Balaban J connectivity index is 1.68. The van der Waals surface area contributed by atoms with Gasteiger partial charge in [0.2, 0.25) is 0 Å². The number of esters is 1. The summed E-state index contributed by atoms with van der Waals surface area (Å²) >= 11 is 1.55. The van der Waals surface area contributed by atoms with Gasteiger partial charge in [-0.15, -0.1) is 11.3 Å². The van der Waals surface area contributed by atoms with Crippen LogP contribution in [0.4, 0.5) is 0 Å². The van der Waals surface area contributed by atoms with Crippen molar-refractivity contribution in [3.8, 4) is 0 Å². The van der Waals surface area contributed by atoms with Crippen LogP contribution in [0, 0.1) is 13.8 Å². The molecule has 0 bridgehead atoms. The lowest BCUT2D eigenvalue weighted by Crippen LogP contribution is -2.04. The first-order chi connectivity index (χ1) is 10.1. The van der Waals surface area contributed by atoms with Crippen molar-refractivity contribution < 1.29 is 9.53 Å². The third-order valence-corrected chi connectivity index (χ3v) is 3.59. The normalized spacial score (nSPS) is 11.0. The van der Waals surface area contributed by atoms with Crippen molar-refractivity contribution in [2.45, 2.75) is 26.7 Å². The smallest absolute Gasteiger partial charge is 0.330 e. The minimum atomic E-state index is -0.335. The summed E-state index contributed by atoms with van der Waals surface area (Å²) in [5, 5.41) is 2.89. The zero-order valence-corrected chi connectivity index (χ0v) is 13.0. The molecule has 0 amide bonds. The molecule has 0 radical (unpaired) electrons. The van der Waals surface area contributed by atoms with E-state index in [0.29, 0.717) is 6.61 Å². The fraction of sp³-hybridized carbons (Fsp3) is 0.312. The third-order valence-electron chi connectivity index (χ3n) is 2.79. The van der Waals surface area contributed by atoms with Crippen LogP contribution in [-0.2, 0) is 16.0 Å². The van der Waals surface area contributed by atoms with E-state index in [1.165, 1.54) is 6.08 Å². The molecule has 0 atom stereocenters. The van der Waals surface area contributed by atoms with Gasteiger partial charge in [-0.05, 0) is 44.9 Å². The Morgan fingerprint density at radius 3 is 2.90 bits per heavy atom. The topological polar surface area (TPSA) is 52.1 Å². The van der Waals surface area contributed by atoms with Gasteiger partial charge in [-0.3, -0.25) is 4.98 Å². The summed E-state index contributed by atoms with van der Waals surface area (Å²) in [6, 6.07) is 5.94. The van der Waals surface area contributed by atoms with E-state index >= 15 is 0 Å². The van der Waals surface area contributed by atoms with Gasteiger partial charge in [-0.1, -0.05) is 6.07 Å². The molecule has 2 heterocycles. The molecule has 2 aromatic rings. The lowest BCUT2D eigenvalue weighted by molar-refractivity contribution is -0.137. The third kappa shape index (κ3) is 5.47. The van der Waals surface area contributed by atoms with Gasteiger partial charge in [0, 0.05) is 22.8 Å². The summed E-state index contributed by atoms with van der Waals surface area (Å²) in [4.78, 5) is 20.2. The van der Waals surface area contributed by atoms with Gasteiger partial charge in [0.05, 0.1) is 17.3 Å². The van der Waals surface area contributed by atoms with E-state index in [2.05, 4.69) is 9.97 Å². The first-order valence-electron chi connectivity index (χ1n) is 6.83. The summed E-state index contributed by atoms with van der Waals surface area (Å²) in [6.07, 6.45) is 4.67. The van der Waals surface area contributed by atoms with Crippen LogP contribution in [0.1, 0.15) is 28.5 Å². The lowest BCUT2D eigenvalue weighted by Gasteiger charge is -2.02. The summed E-state index contributed by atoms with van der Waals surface area (Å²) < 4.78 is 5.14. The van der Waals surface area contributed by atoms with E-state index in [1.807, 2.05) is 37.4 Å². The Bertz CT molecular complexity index is 635. The van der Waals surface area contributed by atoms with Gasteiger partial charge in [0.15, 0.2) is 0 Å². The van der Waals surface area contributed by atoms with E-state index in [9.17, 15) is 4.79 Å². The molecule has 0 fully saturated rings. The predicted octanol–water partition coefficient (Wildman–Crippen LogP) is 3.34. The average molecular weight is 302 g/mol. The zero-order chi connectivity index (χ0) is 15.1. The molecule has 0 aliphatic carbocycles. The quantitative estimate of drug-likeness (QED) is 0.466. The number of rotatable bonds is 6. The average Bonchev–Trinajstić information content (AvgIpc) is 2.87. The molecule has 21 heavy (non-hydrogen) atoms. The number of thiazole rings is 1. The molecule has 2 rings (SSSR count). The summed E-state index contributed by atoms with van der Waals surface area (Å²) in [5.74, 6) is -0.335. The summed E-state index contributed by atoms with van der Waals surface area (Å²) in [5.41, 5.74) is 2.82. The van der Waals surface area contributed by atoms with Crippen molar-refractivity contribution in [3.05, 3.63) is 51.7 Å². The number of aromatic nitrogens is 2. The minimum absolute atomic E-state index is 0.335. The number of carbonyl (C=O) groups is 1. The Hall–Kier alpha value is -2.01. The SMILES string of the molecule is Cc1cccc(CCCOC(=O)/C=C/c2csc(C)n2)n1. The number of pyridine rings is 1. The van der Waals surface area contributed by atoms with E-state index < -0.39 is 0 Å². The van der Waals surface area contributed by atoms with Gasteiger partial charge < -0.3 is 4.74 Å². The summed E-state index contributed by atoms with van der Waals surface area (Å²) in [7, 11) is 0. The van der Waals surface area contributed by atoms with E-state index in [4.69, 9.17) is 4.74 Å². The van der Waals surface area contributed by atoms with Gasteiger partial charge in [-0.25, -0.2) is 9.78 Å². The molecule has 5 heteroatoms. The maximum Gasteiger partial charge on any atom is 0.330 e. The molecule has 0 saturated carbocycles. The highest BCUT2D eigenvalue weighted by molar-refractivity contribution is 7.09.